The van der Waals surface area contributed by atoms with Gasteiger partial charge in [-0.05, 0) is 83.9 Å². The molecule has 4 aliphatic heterocycles. The summed E-state index contributed by atoms with van der Waals surface area (Å²) in [6.45, 7) is 9.89. The van der Waals surface area contributed by atoms with Gasteiger partial charge in [0.25, 0.3) is 0 Å². The van der Waals surface area contributed by atoms with Gasteiger partial charge in [-0.15, -0.1) is 0 Å². The minimum absolute atomic E-state index is 0. The fourth-order valence-electron chi connectivity index (χ4n) is 8.06. The lowest BCUT2D eigenvalue weighted by Gasteiger charge is -2.16. The number of phenols is 2. The van der Waals surface area contributed by atoms with Crippen LogP contribution in [0.4, 0.5) is 0 Å². The average molecular weight is 871 g/mol. The smallest absolute Gasteiger partial charge is 0.339 e. The van der Waals surface area contributed by atoms with Crippen LogP contribution >= 0.6 is 0 Å². The molecule has 0 atom stereocenters. The van der Waals surface area contributed by atoms with Crippen molar-refractivity contribution >= 4 is 45.9 Å². The van der Waals surface area contributed by atoms with Crippen LogP contribution in [0.2, 0.25) is 0 Å². The summed E-state index contributed by atoms with van der Waals surface area (Å²) in [6.07, 6.45) is 32.5. The molecule has 0 aliphatic carbocycles. The normalized spacial score (nSPS) is 15.7. The highest BCUT2D eigenvalue weighted by molar-refractivity contribution is 6.02. The molecule has 340 valence electrons. The molecule has 4 heterocycles. The number of carbonyl (C=O) groups is 2. The Morgan fingerprint density at radius 1 is 0.508 bits per heavy atom. The van der Waals surface area contributed by atoms with E-state index in [0.29, 0.717) is 32.7 Å². The van der Waals surface area contributed by atoms with E-state index in [-0.39, 0.29) is 39.5 Å². The molecular weight excluding hydrogens is 805 g/mol. The van der Waals surface area contributed by atoms with Crippen LogP contribution < -0.4 is 0 Å². The maximum atomic E-state index is 11.6. The Hall–Kier alpha value is -6.32. The van der Waals surface area contributed by atoms with Gasteiger partial charge < -0.3 is 52.1 Å². The van der Waals surface area contributed by atoms with Crippen molar-refractivity contribution in [3.8, 4) is 11.5 Å². The molecule has 0 unspecified atom stereocenters. The van der Waals surface area contributed by atoms with Gasteiger partial charge in [-0.2, -0.15) is 0 Å². The van der Waals surface area contributed by atoms with Crippen molar-refractivity contribution in [3.05, 3.63) is 132 Å². The van der Waals surface area contributed by atoms with E-state index < -0.39 is 23.4 Å². The van der Waals surface area contributed by atoms with Gasteiger partial charge >= 0.3 is 11.9 Å². The van der Waals surface area contributed by atoms with Crippen LogP contribution in [-0.4, -0.2) is 138 Å². The van der Waals surface area contributed by atoms with Gasteiger partial charge in [0.05, 0.1) is 0 Å². The van der Waals surface area contributed by atoms with Crippen LogP contribution in [0.3, 0.4) is 0 Å². The molecule has 4 aliphatic rings. The number of hydrogen-bond acceptors (Lipinski definition) is 6. The fourth-order valence-corrected chi connectivity index (χ4v) is 8.06. The molecule has 0 radical (unpaired) electrons. The molecule has 0 saturated carbocycles. The molecule has 63 heavy (non-hydrogen) atoms. The van der Waals surface area contributed by atoms with Crippen molar-refractivity contribution in [3.63, 3.8) is 0 Å². The lowest BCUT2D eigenvalue weighted by atomic mass is 9.90. The maximum absolute atomic E-state index is 11.6. The standard InChI is InChI=1S/C23H16O6.2C13H21N2.4H2O/c24-20-16(14-7-3-1-5-12(14)9-18(20)22(26)27)11-17-15-8-4-2-6-13(15)10-19(21(17)25)23(28)29;2*1(2-8-14-10-4-5-11-14)3-9-15-12-6-7-13-15;;;;/h1-10,24-25H,11H2,(H,26,27)(H,28,29);2*1-3,8-9H,4-7,10-13H2;4*1H2/q;2*+1;;;;. The summed E-state index contributed by atoms with van der Waals surface area (Å²) >= 11 is 0. The molecule has 0 spiro atoms. The summed E-state index contributed by atoms with van der Waals surface area (Å²) in [7, 11) is 0. The number of nitrogens with zero attached hydrogens (tertiary/aromatic N) is 4. The van der Waals surface area contributed by atoms with E-state index in [1.807, 2.05) is 0 Å². The second kappa shape index (κ2) is 26.9. The maximum Gasteiger partial charge on any atom is 0.339 e. The van der Waals surface area contributed by atoms with Gasteiger partial charge in [-0.25, -0.2) is 18.7 Å². The number of likely N-dealkylation sites (tertiary alicyclic amines) is 2. The first-order chi connectivity index (χ1) is 28.8. The van der Waals surface area contributed by atoms with Crippen molar-refractivity contribution in [2.45, 2.75) is 57.8 Å². The molecular formula is C49H66N4O10+2. The average Bonchev–Trinajstić information content (AvgIpc) is 4.10. The monoisotopic (exact) mass is 870 g/mol. The zero-order valence-corrected chi connectivity index (χ0v) is 36.0. The summed E-state index contributed by atoms with van der Waals surface area (Å²) in [5, 5.41) is 42.8. The highest BCUT2D eigenvalue weighted by atomic mass is 16.4. The van der Waals surface area contributed by atoms with E-state index in [0.717, 1.165) is 0 Å². The number of aromatic carboxylic acids is 2. The van der Waals surface area contributed by atoms with Crippen molar-refractivity contribution in [1.82, 2.24) is 9.80 Å². The predicted molar refractivity (Wildman–Crippen MR) is 251 cm³/mol. The number of benzene rings is 4. The number of rotatable bonds is 10. The van der Waals surface area contributed by atoms with E-state index in [2.05, 4.69) is 80.2 Å². The molecule has 4 aromatic carbocycles. The lowest BCUT2D eigenvalue weighted by molar-refractivity contribution is -0.500. The third-order valence-electron chi connectivity index (χ3n) is 11.3. The van der Waals surface area contributed by atoms with Crippen LogP contribution in [0.1, 0.15) is 83.2 Å². The Balaban J connectivity index is 0.000000343. The van der Waals surface area contributed by atoms with Gasteiger partial charge in [0.15, 0.2) is 12.4 Å². The SMILES string of the molecule is C(/C=C/C=C/N1CCCC1)=[N+]1CCCC1.C(/C=C/C=C/N1CCCC1)=[N+]1CCCC1.O.O.O.O.O=C(O)c1cc2ccccc2c(Cc2c(O)c(C(=O)O)cc3ccccc23)c1O. The first-order valence-corrected chi connectivity index (χ1v) is 21.0. The predicted octanol–water partition coefficient (Wildman–Crippen LogP) is 5.15. The zero-order valence-electron chi connectivity index (χ0n) is 36.0. The molecule has 12 N–H and O–H groups in total. The van der Waals surface area contributed by atoms with Crippen LogP contribution in [0.5, 0.6) is 11.5 Å². The second-order valence-corrected chi connectivity index (χ2v) is 15.5. The van der Waals surface area contributed by atoms with Gasteiger partial charge in [0, 0.05) is 81.6 Å². The third kappa shape index (κ3) is 14.9. The van der Waals surface area contributed by atoms with Crippen LogP contribution in [0.25, 0.3) is 21.5 Å². The summed E-state index contributed by atoms with van der Waals surface area (Å²) in [5.74, 6) is -3.36. The summed E-state index contributed by atoms with van der Waals surface area (Å²) in [4.78, 5) is 28.0. The summed E-state index contributed by atoms with van der Waals surface area (Å²) < 4.78 is 4.78. The number of hydrogen-bond donors (Lipinski definition) is 4. The van der Waals surface area contributed by atoms with Gasteiger partial charge in [0.2, 0.25) is 0 Å². The highest BCUT2D eigenvalue weighted by Crippen LogP contribution is 2.38. The largest absolute Gasteiger partial charge is 0.507 e. The molecule has 0 amide bonds. The van der Waals surface area contributed by atoms with Crippen LogP contribution in [0.15, 0.2) is 110 Å². The topological polar surface area (TPSA) is 254 Å². The van der Waals surface area contributed by atoms with E-state index >= 15 is 0 Å². The Kier molecular flexibility index (Phi) is 22.5. The first-order valence-electron chi connectivity index (χ1n) is 21.0. The van der Waals surface area contributed by atoms with Crippen molar-refractivity contribution in [1.29, 1.82) is 0 Å². The molecule has 4 fully saturated rings. The minimum Gasteiger partial charge on any atom is -0.507 e. The van der Waals surface area contributed by atoms with Crippen molar-refractivity contribution < 1.29 is 61.1 Å². The summed E-state index contributed by atoms with van der Waals surface area (Å²) in [5.41, 5.74) is 0.112. The Labute approximate surface area is 369 Å². The Bertz CT molecular complexity index is 2110. The van der Waals surface area contributed by atoms with Gasteiger partial charge in [0.1, 0.15) is 48.8 Å². The van der Waals surface area contributed by atoms with E-state index in [9.17, 15) is 30.0 Å². The molecule has 4 saturated heterocycles. The van der Waals surface area contributed by atoms with E-state index in [4.69, 9.17) is 0 Å². The molecule has 0 bridgehead atoms. The number of aromatic hydroxyl groups is 2. The quantitative estimate of drug-likeness (QED) is 0.122. The fraction of sp³-hybridized carbons (Fsp3) is 0.347. The van der Waals surface area contributed by atoms with Gasteiger partial charge in [-0.1, -0.05) is 60.7 Å². The number of allylic oxidation sites excluding steroid dienone is 6. The van der Waals surface area contributed by atoms with Crippen LogP contribution in [-0.2, 0) is 6.42 Å². The van der Waals surface area contributed by atoms with Crippen molar-refractivity contribution in [2.24, 2.45) is 0 Å². The number of carboxylic acid groups (broad SMARTS) is 2. The zero-order chi connectivity index (χ0) is 41.4. The lowest BCUT2D eigenvalue weighted by Crippen LogP contribution is -2.09. The molecule has 14 heteroatoms. The van der Waals surface area contributed by atoms with E-state index in [1.165, 1.54) is 116 Å². The first kappa shape index (κ1) is 52.8. The Morgan fingerprint density at radius 3 is 1.21 bits per heavy atom. The summed E-state index contributed by atoms with van der Waals surface area (Å²) in [6, 6.07) is 16.8. The Morgan fingerprint density at radius 2 is 0.857 bits per heavy atom. The molecule has 14 nitrogen and oxygen atoms in total. The van der Waals surface area contributed by atoms with Crippen molar-refractivity contribution in [2.75, 3.05) is 52.4 Å². The molecule has 0 aromatic heterocycles. The minimum atomic E-state index is -1.28. The third-order valence-corrected chi connectivity index (χ3v) is 11.3. The number of fused-ring (bicyclic) bond motifs is 2. The van der Waals surface area contributed by atoms with Crippen LogP contribution in [0, 0.1) is 0 Å². The highest BCUT2D eigenvalue weighted by Gasteiger charge is 2.23. The molecule has 4 aromatic rings. The van der Waals surface area contributed by atoms with E-state index in [1.54, 1.807) is 48.5 Å². The second-order valence-electron chi connectivity index (χ2n) is 15.5. The molecule has 8 rings (SSSR count). The van der Waals surface area contributed by atoms with Gasteiger partial charge in [-0.3, -0.25) is 0 Å². The number of carboxylic acids is 2.